The maximum absolute atomic E-state index is 11.6. The molecule has 108 valence electrons. The molecule has 7 nitrogen and oxygen atoms in total. The van der Waals surface area contributed by atoms with Gasteiger partial charge in [-0.3, -0.25) is 0 Å². The molecule has 0 radical (unpaired) electrons. The molecule has 7 heteroatoms. The third-order valence-electron chi connectivity index (χ3n) is 2.91. The second-order valence-corrected chi connectivity index (χ2v) is 4.41. The van der Waals surface area contributed by atoms with Gasteiger partial charge in [-0.15, -0.1) is 0 Å². The molecule has 2 amide bonds. The summed E-state index contributed by atoms with van der Waals surface area (Å²) in [5.41, 5.74) is 0.880. The van der Waals surface area contributed by atoms with Crippen LogP contribution in [0.15, 0.2) is 30.3 Å². The Hall–Kier alpha value is -2.28. The molecule has 1 aliphatic rings. The maximum Gasteiger partial charge on any atom is 0.407 e. The standard InChI is InChI=1S/C13H16N2O5/c16-12(17)14-10-7-19-8-11(10)15-13(18)20-6-9-4-2-1-3-5-9/h1-5,10-11,14H,6-8H2,(H,15,18)(H,16,17). The highest BCUT2D eigenvalue weighted by molar-refractivity contribution is 5.68. The van der Waals surface area contributed by atoms with Gasteiger partial charge in [0, 0.05) is 0 Å². The van der Waals surface area contributed by atoms with Crippen LogP contribution in [0.2, 0.25) is 0 Å². The minimum absolute atomic E-state index is 0.164. The predicted octanol–water partition coefficient (Wildman–Crippen LogP) is 0.948. The van der Waals surface area contributed by atoms with Gasteiger partial charge in [0.1, 0.15) is 6.61 Å². The molecule has 1 heterocycles. The quantitative estimate of drug-likeness (QED) is 0.763. The van der Waals surface area contributed by atoms with E-state index < -0.39 is 24.3 Å². The summed E-state index contributed by atoms with van der Waals surface area (Å²) in [6.45, 7) is 0.651. The molecule has 1 fully saturated rings. The Morgan fingerprint density at radius 2 is 1.85 bits per heavy atom. The van der Waals surface area contributed by atoms with Crippen molar-refractivity contribution in [1.29, 1.82) is 0 Å². The summed E-state index contributed by atoms with van der Waals surface area (Å²) < 4.78 is 10.2. The van der Waals surface area contributed by atoms with Crippen molar-refractivity contribution in [3.63, 3.8) is 0 Å². The molecule has 3 N–H and O–H groups in total. The Balaban J connectivity index is 1.77. The van der Waals surface area contributed by atoms with Gasteiger partial charge >= 0.3 is 12.2 Å². The Labute approximate surface area is 115 Å². The Kier molecular flexibility index (Phi) is 4.78. The number of nitrogens with one attached hydrogen (secondary N) is 2. The summed E-state index contributed by atoms with van der Waals surface area (Å²) in [6, 6.07) is 8.40. The Bertz CT molecular complexity index is 465. The Morgan fingerprint density at radius 1 is 1.20 bits per heavy atom. The van der Waals surface area contributed by atoms with Crippen LogP contribution in [0.5, 0.6) is 0 Å². The van der Waals surface area contributed by atoms with E-state index in [-0.39, 0.29) is 19.8 Å². The normalized spacial score (nSPS) is 21.2. The summed E-state index contributed by atoms with van der Waals surface area (Å²) in [5.74, 6) is 0. The topological polar surface area (TPSA) is 96.9 Å². The molecule has 0 saturated carbocycles. The van der Waals surface area contributed by atoms with Gasteiger partial charge in [-0.1, -0.05) is 30.3 Å². The number of rotatable bonds is 4. The molecule has 1 aromatic carbocycles. The van der Waals surface area contributed by atoms with Crippen LogP contribution in [0.1, 0.15) is 5.56 Å². The van der Waals surface area contributed by atoms with Crippen molar-refractivity contribution in [2.75, 3.05) is 13.2 Å². The number of carbonyl (C=O) groups is 2. The molecule has 0 bridgehead atoms. The van der Waals surface area contributed by atoms with Crippen molar-refractivity contribution in [2.45, 2.75) is 18.7 Å². The number of carbonyl (C=O) groups excluding carboxylic acids is 1. The molecule has 20 heavy (non-hydrogen) atoms. The first-order valence-electron chi connectivity index (χ1n) is 6.19. The van der Waals surface area contributed by atoms with Gasteiger partial charge in [-0.05, 0) is 5.56 Å². The maximum atomic E-state index is 11.6. The fourth-order valence-electron chi connectivity index (χ4n) is 1.91. The zero-order valence-corrected chi connectivity index (χ0v) is 10.7. The van der Waals surface area contributed by atoms with Crippen LogP contribution >= 0.6 is 0 Å². The van der Waals surface area contributed by atoms with Gasteiger partial charge in [0.15, 0.2) is 0 Å². The van der Waals surface area contributed by atoms with Crippen molar-refractivity contribution in [2.24, 2.45) is 0 Å². The average Bonchev–Trinajstić information content (AvgIpc) is 2.84. The first kappa shape index (κ1) is 14.1. The van der Waals surface area contributed by atoms with Crippen LogP contribution in [-0.2, 0) is 16.1 Å². The van der Waals surface area contributed by atoms with Crippen LogP contribution in [0, 0.1) is 0 Å². The lowest BCUT2D eigenvalue weighted by atomic mass is 10.2. The van der Waals surface area contributed by atoms with E-state index >= 15 is 0 Å². The molecule has 2 atom stereocenters. The third-order valence-corrected chi connectivity index (χ3v) is 2.91. The fourth-order valence-corrected chi connectivity index (χ4v) is 1.91. The number of alkyl carbamates (subject to hydrolysis) is 1. The summed E-state index contributed by atoms with van der Waals surface area (Å²) in [5, 5.41) is 13.6. The van der Waals surface area contributed by atoms with Crippen LogP contribution < -0.4 is 10.6 Å². The van der Waals surface area contributed by atoms with E-state index in [1.54, 1.807) is 0 Å². The van der Waals surface area contributed by atoms with Crippen molar-refractivity contribution in [1.82, 2.24) is 10.6 Å². The van der Waals surface area contributed by atoms with Gasteiger partial charge in [0.2, 0.25) is 0 Å². The summed E-state index contributed by atoms with van der Waals surface area (Å²) in [7, 11) is 0. The van der Waals surface area contributed by atoms with Gasteiger partial charge in [0.05, 0.1) is 25.3 Å². The van der Waals surface area contributed by atoms with E-state index in [1.165, 1.54) is 0 Å². The number of carboxylic acid groups (broad SMARTS) is 1. The first-order chi connectivity index (χ1) is 9.65. The predicted molar refractivity (Wildman–Crippen MR) is 69.3 cm³/mol. The lowest BCUT2D eigenvalue weighted by Gasteiger charge is -2.18. The van der Waals surface area contributed by atoms with Gasteiger partial charge in [-0.25, -0.2) is 9.59 Å². The molecule has 2 unspecified atom stereocenters. The van der Waals surface area contributed by atoms with Crippen molar-refractivity contribution >= 4 is 12.2 Å². The van der Waals surface area contributed by atoms with Crippen molar-refractivity contribution in [3.8, 4) is 0 Å². The lowest BCUT2D eigenvalue weighted by Crippen LogP contribution is -2.50. The molecule has 2 rings (SSSR count). The number of hydrogen-bond acceptors (Lipinski definition) is 4. The monoisotopic (exact) mass is 280 g/mol. The van der Waals surface area contributed by atoms with E-state index in [4.69, 9.17) is 14.6 Å². The van der Waals surface area contributed by atoms with Crippen LogP contribution in [0.25, 0.3) is 0 Å². The number of ether oxygens (including phenoxy) is 2. The fraction of sp³-hybridized carbons (Fsp3) is 0.385. The number of benzene rings is 1. The third kappa shape index (κ3) is 4.13. The zero-order valence-electron chi connectivity index (χ0n) is 10.7. The van der Waals surface area contributed by atoms with Crippen LogP contribution in [0.3, 0.4) is 0 Å². The molecular weight excluding hydrogens is 264 g/mol. The van der Waals surface area contributed by atoms with E-state index in [0.717, 1.165) is 5.56 Å². The highest BCUT2D eigenvalue weighted by Crippen LogP contribution is 2.07. The summed E-state index contributed by atoms with van der Waals surface area (Å²) in [6.07, 6.45) is -1.74. The molecule has 1 saturated heterocycles. The van der Waals surface area contributed by atoms with Gasteiger partial charge < -0.3 is 25.2 Å². The smallest absolute Gasteiger partial charge is 0.407 e. The summed E-state index contributed by atoms with van der Waals surface area (Å²) in [4.78, 5) is 22.2. The molecule has 1 aliphatic heterocycles. The SMILES string of the molecule is O=C(O)NC1COCC1NC(=O)OCc1ccccc1. The minimum atomic E-state index is -1.15. The molecule has 0 spiro atoms. The second kappa shape index (κ2) is 6.76. The molecule has 0 aliphatic carbocycles. The van der Waals surface area contributed by atoms with Gasteiger partial charge in [-0.2, -0.15) is 0 Å². The van der Waals surface area contributed by atoms with E-state index in [0.29, 0.717) is 0 Å². The van der Waals surface area contributed by atoms with E-state index in [1.807, 2.05) is 30.3 Å². The van der Waals surface area contributed by atoms with Crippen molar-refractivity contribution < 1.29 is 24.2 Å². The minimum Gasteiger partial charge on any atom is -0.465 e. The van der Waals surface area contributed by atoms with Gasteiger partial charge in [0.25, 0.3) is 0 Å². The first-order valence-corrected chi connectivity index (χ1v) is 6.19. The average molecular weight is 280 g/mol. The van der Waals surface area contributed by atoms with Crippen LogP contribution in [-0.4, -0.2) is 42.6 Å². The van der Waals surface area contributed by atoms with E-state index in [2.05, 4.69) is 10.6 Å². The Morgan fingerprint density at radius 3 is 2.50 bits per heavy atom. The lowest BCUT2D eigenvalue weighted by molar-refractivity contribution is 0.131. The largest absolute Gasteiger partial charge is 0.465 e. The molecule has 1 aromatic rings. The number of hydrogen-bond donors (Lipinski definition) is 3. The highest BCUT2D eigenvalue weighted by Gasteiger charge is 2.31. The van der Waals surface area contributed by atoms with Crippen molar-refractivity contribution in [3.05, 3.63) is 35.9 Å². The molecular formula is C13H16N2O5. The number of amides is 2. The zero-order chi connectivity index (χ0) is 14.4. The highest BCUT2D eigenvalue weighted by atomic mass is 16.5. The summed E-state index contributed by atoms with van der Waals surface area (Å²) >= 11 is 0. The van der Waals surface area contributed by atoms with Crippen LogP contribution in [0.4, 0.5) is 9.59 Å². The van der Waals surface area contributed by atoms with E-state index in [9.17, 15) is 9.59 Å². The molecule has 0 aromatic heterocycles. The second-order valence-electron chi connectivity index (χ2n) is 4.41.